The molecule has 1 saturated carbocycles. The molecule has 1 aromatic rings. The SMILES string of the molecule is COc1cc(N)c(NCCNC(=O)C2CC2)cc1OC. The molecule has 0 radical (unpaired) electrons. The van der Waals surface area contributed by atoms with Crippen molar-refractivity contribution >= 4 is 17.3 Å². The van der Waals surface area contributed by atoms with Gasteiger partial charge in [0.15, 0.2) is 11.5 Å². The number of anilines is 2. The molecule has 4 N–H and O–H groups in total. The lowest BCUT2D eigenvalue weighted by Crippen LogP contribution is -2.29. The summed E-state index contributed by atoms with van der Waals surface area (Å²) in [6.45, 7) is 1.18. The van der Waals surface area contributed by atoms with Gasteiger partial charge in [0.25, 0.3) is 0 Å². The van der Waals surface area contributed by atoms with E-state index in [4.69, 9.17) is 15.2 Å². The van der Waals surface area contributed by atoms with Gasteiger partial charge in [-0.2, -0.15) is 0 Å². The van der Waals surface area contributed by atoms with Crippen LogP contribution in [0.15, 0.2) is 12.1 Å². The van der Waals surface area contributed by atoms with Crippen LogP contribution in [0.25, 0.3) is 0 Å². The van der Waals surface area contributed by atoms with Gasteiger partial charge in [0.1, 0.15) is 0 Å². The van der Waals surface area contributed by atoms with E-state index >= 15 is 0 Å². The summed E-state index contributed by atoms with van der Waals surface area (Å²) in [6, 6.07) is 3.50. The zero-order chi connectivity index (χ0) is 14.5. The summed E-state index contributed by atoms with van der Waals surface area (Å²) in [5, 5.41) is 6.07. The fourth-order valence-corrected chi connectivity index (χ4v) is 1.92. The van der Waals surface area contributed by atoms with Gasteiger partial charge in [-0.15, -0.1) is 0 Å². The summed E-state index contributed by atoms with van der Waals surface area (Å²) in [6.07, 6.45) is 2.03. The fourth-order valence-electron chi connectivity index (χ4n) is 1.92. The van der Waals surface area contributed by atoms with E-state index in [1.807, 2.05) is 0 Å². The Morgan fingerprint density at radius 2 is 1.90 bits per heavy atom. The summed E-state index contributed by atoms with van der Waals surface area (Å²) in [4.78, 5) is 11.5. The van der Waals surface area contributed by atoms with E-state index in [9.17, 15) is 4.79 Å². The molecule has 6 heteroatoms. The Morgan fingerprint density at radius 3 is 2.50 bits per heavy atom. The van der Waals surface area contributed by atoms with Crippen LogP contribution in [0.4, 0.5) is 11.4 Å². The second kappa shape index (κ2) is 6.36. The fraction of sp³-hybridized carbons (Fsp3) is 0.500. The lowest BCUT2D eigenvalue weighted by atomic mass is 10.2. The molecule has 1 fully saturated rings. The molecule has 0 aliphatic heterocycles. The number of nitrogens with one attached hydrogen (secondary N) is 2. The van der Waals surface area contributed by atoms with Crippen LogP contribution in [0, 0.1) is 5.92 Å². The molecule has 0 unspecified atom stereocenters. The van der Waals surface area contributed by atoms with Crippen LogP contribution >= 0.6 is 0 Å². The van der Waals surface area contributed by atoms with Gasteiger partial charge in [0.2, 0.25) is 5.91 Å². The van der Waals surface area contributed by atoms with E-state index in [2.05, 4.69) is 10.6 Å². The Labute approximate surface area is 118 Å². The Hall–Kier alpha value is -2.11. The van der Waals surface area contributed by atoms with E-state index in [1.54, 1.807) is 26.4 Å². The summed E-state index contributed by atoms with van der Waals surface area (Å²) >= 11 is 0. The summed E-state index contributed by atoms with van der Waals surface area (Å²) in [5.74, 6) is 1.59. The molecule has 6 nitrogen and oxygen atoms in total. The zero-order valence-corrected chi connectivity index (χ0v) is 11.9. The van der Waals surface area contributed by atoms with Crippen LogP contribution in [0.2, 0.25) is 0 Å². The van der Waals surface area contributed by atoms with Crippen LogP contribution in [-0.4, -0.2) is 33.2 Å². The molecule has 0 spiro atoms. The van der Waals surface area contributed by atoms with Crippen molar-refractivity contribution in [3.05, 3.63) is 12.1 Å². The van der Waals surface area contributed by atoms with Crippen LogP contribution in [-0.2, 0) is 4.79 Å². The molecule has 1 aromatic carbocycles. The first-order valence-corrected chi connectivity index (χ1v) is 6.68. The number of nitrogen functional groups attached to an aromatic ring is 1. The number of amides is 1. The second-order valence-corrected chi connectivity index (χ2v) is 4.79. The number of carbonyl (C=O) groups is 1. The standard InChI is InChI=1S/C14H21N3O3/c1-19-12-7-10(15)11(8-13(12)20-2)16-5-6-17-14(18)9-3-4-9/h7-9,16H,3-6,15H2,1-2H3,(H,17,18). The van der Waals surface area contributed by atoms with Gasteiger partial charge in [-0.05, 0) is 12.8 Å². The lowest BCUT2D eigenvalue weighted by molar-refractivity contribution is -0.122. The van der Waals surface area contributed by atoms with Crippen molar-refractivity contribution < 1.29 is 14.3 Å². The summed E-state index contributed by atoms with van der Waals surface area (Å²) in [5.41, 5.74) is 7.28. The van der Waals surface area contributed by atoms with Gasteiger partial charge in [-0.3, -0.25) is 4.79 Å². The van der Waals surface area contributed by atoms with Crippen molar-refractivity contribution in [3.63, 3.8) is 0 Å². The van der Waals surface area contributed by atoms with Crippen molar-refractivity contribution in [1.82, 2.24) is 5.32 Å². The van der Waals surface area contributed by atoms with Crippen LogP contribution < -0.4 is 25.8 Å². The quantitative estimate of drug-likeness (QED) is 0.516. The predicted octanol–water partition coefficient (Wildman–Crippen LogP) is 1.22. The minimum absolute atomic E-state index is 0.145. The summed E-state index contributed by atoms with van der Waals surface area (Å²) < 4.78 is 10.4. The highest BCUT2D eigenvalue weighted by Gasteiger charge is 2.28. The Kier molecular flexibility index (Phi) is 4.55. The van der Waals surface area contributed by atoms with Crippen molar-refractivity contribution in [3.8, 4) is 11.5 Å². The molecule has 2 rings (SSSR count). The number of rotatable bonds is 7. The molecular formula is C14H21N3O3. The average molecular weight is 279 g/mol. The maximum atomic E-state index is 11.5. The Morgan fingerprint density at radius 1 is 1.25 bits per heavy atom. The van der Waals surface area contributed by atoms with E-state index < -0.39 is 0 Å². The maximum absolute atomic E-state index is 11.5. The molecule has 0 aromatic heterocycles. The van der Waals surface area contributed by atoms with Gasteiger partial charge in [0, 0.05) is 31.1 Å². The first kappa shape index (κ1) is 14.3. The minimum atomic E-state index is 0.145. The number of methoxy groups -OCH3 is 2. The number of nitrogens with two attached hydrogens (primary N) is 1. The summed E-state index contributed by atoms with van der Waals surface area (Å²) in [7, 11) is 3.14. The smallest absolute Gasteiger partial charge is 0.223 e. The highest BCUT2D eigenvalue weighted by molar-refractivity contribution is 5.80. The number of benzene rings is 1. The topological polar surface area (TPSA) is 85.6 Å². The molecule has 1 aliphatic carbocycles. The van der Waals surface area contributed by atoms with Crippen molar-refractivity contribution in [2.45, 2.75) is 12.8 Å². The van der Waals surface area contributed by atoms with Crippen molar-refractivity contribution in [2.24, 2.45) is 5.92 Å². The van der Waals surface area contributed by atoms with E-state index in [0.717, 1.165) is 18.5 Å². The van der Waals surface area contributed by atoms with Crippen LogP contribution in [0.3, 0.4) is 0 Å². The first-order chi connectivity index (χ1) is 9.65. The highest BCUT2D eigenvalue weighted by atomic mass is 16.5. The van der Waals surface area contributed by atoms with E-state index in [-0.39, 0.29) is 11.8 Å². The number of ether oxygens (including phenoxy) is 2. The Balaban J connectivity index is 1.86. The highest BCUT2D eigenvalue weighted by Crippen LogP contribution is 2.34. The van der Waals surface area contributed by atoms with E-state index in [1.165, 1.54) is 0 Å². The van der Waals surface area contributed by atoms with Gasteiger partial charge >= 0.3 is 0 Å². The molecule has 1 amide bonds. The van der Waals surface area contributed by atoms with Gasteiger partial charge in [-0.25, -0.2) is 0 Å². The number of carbonyl (C=O) groups excluding carboxylic acids is 1. The molecule has 20 heavy (non-hydrogen) atoms. The van der Waals surface area contributed by atoms with Gasteiger partial charge in [0.05, 0.1) is 25.6 Å². The second-order valence-electron chi connectivity index (χ2n) is 4.79. The van der Waals surface area contributed by atoms with Crippen LogP contribution in [0.5, 0.6) is 11.5 Å². The minimum Gasteiger partial charge on any atom is -0.493 e. The molecular weight excluding hydrogens is 258 g/mol. The van der Waals surface area contributed by atoms with Crippen LogP contribution in [0.1, 0.15) is 12.8 Å². The normalized spacial score (nSPS) is 13.7. The Bertz CT molecular complexity index is 487. The average Bonchev–Trinajstić information content (AvgIpc) is 3.28. The zero-order valence-electron chi connectivity index (χ0n) is 11.9. The third-order valence-corrected chi connectivity index (χ3v) is 3.24. The molecule has 1 aliphatic rings. The van der Waals surface area contributed by atoms with Gasteiger partial charge < -0.3 is 25.8 Å². The molecule has 0 saturated heterocycles. The third-order valence-electron chi connectivity index (χ3n) is 3.24. The lowest BCUT2D eigenvalue weighted by Gasteiger charge is -2.14. The van der Waals surface area contributed by atoms with Crippen molar-refractivity contribution in [2.75, 3.05) is 38.4 Å². The monoisotopic (exact) mass is 279 g/mol. The molecule has 0 heterocycles. The number of hydrogen-bond donors (Lipinski definition) is 3. The molecule has 0 atom stereocenters. The predicted molar refractivity (Wildman–Crippen MR) is 78.2 cm³/mol. The number of hydrogen-bond acceptors (Lipinski definition) is 5. The third kappa shape index (κ3) is 3.46. The van der Waals surface area contributed by atoms with Crippen molar-refractivity contribution in [1.29, 1.82) is 0 Å². The van der Waals surface area contributed by atoms with E-state index in [0.29, 0.717) is 30.3 Å². The largest absolute Gasteiger partial charge is 0.493 e. The molecule has 110 valence electrons. The first-order valence-electron chi connectivity index (χ1n) is 6.68. The molecule has 0 bridgehead atoms. The van der Waals surface area contributed by atoms with Gasteiger partial charge in [-0.1, -0.05) is 0 Å². The maximum Gasteiger partial charge on any atom is 0.223 e.